The minimum absolute atomic E-state index is 0.000730. The maximum atomic E-state index is 13.1. The lowest BCUT2D eigenvalue weighted by molar-refractivity contribution is -0.120. The van der Waals surface area contributed by atoms with Gasteiger partial charge in [0.1, 0.15) is 10.7 Å². The molecule has 0 saturated carbocycles. The highest BCUT2D eigenvalue weighted by Crippen LogP contribution is 2.32. The van der Waals surface area contributed by atoms with Gasteiger partial charge in [-0.3, -0.25) is 14.4 Å². The van der Waals surface area contributed by atoms with Crippen molar-refractivity contribution in [1.29, 1.82) is 0 Å². The van der Waals surface area contributed by atoms with Gasteiger partial charge in [0, 0.05) is 16.9 Å². The van der Waals surface area contributed by atoms with Crippen LogP contribution >= 0.6 is 11.6 Å². The predicted molar refractivity (Wildman–Crippen MR) is 135 cm³/mol. The number of amides is 3. The van der Waals surface area contributed by atoms with Crippen molar-refractivity contribution < 1.29 is 14.4 Å². The Hall–Kier alpha value is -3.90. The molecule has 34 heavy (non-hydrogen) atoms. The molecule has 2 N–H and O–H groups in total. The minimum Gasteiger partial charge on any atom is -0.350 e. The molecule has 1 aliphatic heterocycles. The Bertz CT molecular complexity index is 1310. The number of nitrogens with zero attached hydrogens (tertiary/aromatic N) is 1. The van der Waals surface area contributed by atoms with Gasteiger partial charge in [0.25, 0.3) is 17.7 Å². The van der Waals surface area contributed by atoms with Crippen LogP contribution in [0.2, 0.25) is 0 Å². The third kappa shape index (κ3) is 4.45. The van der Waals surface area contributed by atoms with E-state index in [1.807, 2.05) is 44.2 Å². The fourth-order valence-electron chi connectivity index (χ4n) is 3.68. The summed E-state index contributed by atoms with van der Waals surface area (Å²) in [7, 11) is 0. The average Bonchev–Trinajstić information content (AvgIpc) is 3.05. The predicted octanol–water partition coefficient (Wildman–Crippen LogP) is 5.55. The number of rotatable bonds is 6. The normalized spacial score (nSPS) is 13.5. The second-order valence-electron chi connectivity index (χ2n) is 8.06. The molecular formula is C27H24ClN3O3. The number of nitrogens with one attached hydrogen (secondary N) is 2. The van der Waals surface area contributed by atoms with Crippen molar-refractivity contribution in [3.8, 4) is 0 Å². The summed E-state index contributed by atoms with van der Waals surface area (Å²) in [6, 6.07) is 19.7. The molecule has 0 unspecified atom stereocenters. The van der Waals surface area contributed by atoms with Gasteiger partial charge in [-0.15, -0.1) is 0 Å². The van der Waals surface area contributed by atoms with E-state index in [-0.39, 0.29) is 16.6 Å². The van der Waals surface area contributed by atoms with E-state index in [9.17, 15) is 14.4 Å². The van der Waals surface area contributed by atoms with Crippen molar-refractivity contribution in [1.82, 2.24) is 0 Å². The first kappa shape index (κ1) is 23.3. The lowest BCUT2D eigenvalue weighted by atomic mass is 10.1. The van der Waals surface area contributed by atoms with Crippen LogP contribution in [0.15, 0.2) is 77.5 Å². The molecule has 4 rings (SSSR count). The van der Waals surface area contributed by atoms with Crippen molar-refractivity contribution in [2.24, 2.45) is 0 Å². The lowest BCUT2D eigenvalue weighted by Gasteiger charge is -2.18. The Kier molecular flexibility index (Phi) is 6.52. The van der Waals surface area contributed by atoms with Crippen LogP contribution in [0.1, 0.15) is 34.0 Å². The first-order valence-corrected chi connectivity index (χ1v) is 11.3. The molecule has 0 spiro atoms. The van der Waals surface area contributed by atoms with Gasteiger partial charge in [0.2, 0.25) is 0 Å². The van der Waals surface area contributed by atoms with E-state index in [1.54, 1.807) is 36.4 Å². The van der Waals surface area contributed by atoms with Crippen molar-refractivity contribution in [2.75, 3.05) is 15.5 Å². The van der Waals surface area contributed by atoms with E-state index in [0.29, 0.717) is 22.6 Å². The molecule has 0 bridgehead atoms. The van der Waals surface area contributed by atoms with Gasteiger partial charge in [-0.05, 0) is 79.4 Å². The molecule has 0 aliphatic carbocycles. The number of imide groups is 1. The largest absolute Gasteiger partial charge is 0.350 e. The zero-order valence-electron chi connectivity index (χ0n) is 19.1. The number of carbonyl (C=O) groups excluding carboxylic acids is 3. The van der Waals surface area contributed by atoms with Gasteiger partial charge in [0.15, 0.2) is 0 Å². The third-order valence-corrected chi connectivity index (χ3v) is 6.23. The quantitative estimate of drug-likeness (QED) is 0.460. The Morgan fingerprint density at radius 1 is 0.882 bits per heavy atom. The first-order valence-electron chi connectivity index (χ1n) is 10.9. The van der Waals surface area contributed by atoms with E-state index >= 15 is 0 Å². The topological polar surface area (TPSA) is 78.5 Å². The zero-order valence-corrected chi connectivity index (χ0v) is 19.9. The summed E-state index contributed by atoms with van der Waals surface area (Å²) < 4.78 is 0. The van der Waals surface area contributed by atoms with E-state index in [4.69, 9.17) is 11.6 Å². The summed E-state index contributed by atoms with van der Waals surface area (Å²) in [5.41, 5.74) is 5.18. The smallest absolute Gasteiger partial charge is 0.283 e. The van der Waals surface area contributed by atoms with Gasteiger partial charge in [0.05, 0.1) is 5.69 Å². The van der Waals surface area contributed by atoms with Crippen LogP contribution in [0.3, 0.4) is 0 Å². The fourth-order valence-corrected chi connectivity index (χ4v) is 3.90. The molecule has 3 aromatic rings. The molecule has 0 aromatic heterocycles. The van der Waals surface area contributed by atoms with Gasteiger partial charge in [-0.2, -0.15) is 0 Å². The maximum absolute atomic E-state index is 13.1. The number of hydrogen-bond donors (Lipinski definition) is 2. The van der Waals surface area contributed by atoms with Crippen LogP contribution in [0.25, 0.3) is 0 Å². The fraction of sp³-hybridized carbons (Fsp3) is 0.148. The molecule has 6 nitrogen and oxygen atoms in total. The number of benzene rings is 3. The maximum Gasteiger partial charge on any atom is 0.283 e. The molecule has 1 aliphatic rings. The molecule has 3 aromatic carbocycles. The zero-order chi connectivity index (χ0) is 24.4. The summed E-state index contributed by atoms with van der Waals surface area (Å²) in [5, 5.41) is 5.62. The standard InChI is InChI=1S/C27H24ClN3O3/c1-4-18-8-12-21(13-9-18)30-25(32)19-10-14-20(15-11-19)29-24-23(28)26(33)31(27(24)34)22-7-5-6-16(2)17(22)3/h5-15,29H,4H2,1-3H3,(H,30,32). The molecule has 172 valence electrons. The van der Waals surface area contributed by atoms with Gasteiger partial charge < -0.3 is 10.6 Å². The molecule has 0 atom stereocenters. The average molecular weight is 474 g/mol. The van der Waals surface area contributed by atoms with Crippen LogP contribution in [0.4, 0.5) is 17.1 Å². The molecule has 1 heterocycles. The van der Waals surface area contributed by atoms with Crippen LogP contribution in [-0.2, 0) is 16.0 Å². The van der Waals surface area contributed by atoms with Gasteiger partial charge in [-0.1, -0.05) is 42.8 Å². The third-order valence-electron chi connectivity index (χ3n) is 5.88. The second kappa shape index (κ2) is 9.53. The highest BCUT2D eigenvalue weighted by Gasteiger charge is 2.39. The van der Waals surface area contributed by atoms with Crippen LogP contribution in [0, 0.1) is 13.8 Å². The molecule has 0 radical (unpaired) electrons. The Morgan fingerprint density at radius 3 is 2.18 bits per heavy atom. The highest BCUT2D eigenvalue weighted by molar-refractivity contribution is 6.53. The Balaban J connectivity index is 1.48. The minimum atomic E-state index is -0.576. The van der Waals surface area contributed by atoms with Crippen LogP contribution in [0.5, 0.6) is 0 Å². The summed E-state index contributed by atoms with van der Waals surface area (Å²) in [5.74, 6) is -1.35. The summed E-state index contributed by atoms with van der Waals surface area (Å²) >= 11 is 6.24. The monoisotopic (exact) mass is 473 g/mol. The van der Waals surface area contributed by atoms with E-state index in [0.717, 1.165) is 22.4 Å². The summed E-state index contributed by atoms with van der Waals surface area (Å²) in [4.78, 5) is 39.5. The molecule has 3 amide bonds. The van der Waals surface area contributed by atoms with Crippen molar-refractivity contribution in [3.63, 3.8) is 0 Å². The number of aryl methyl sites for hydroxylation is 2. The molecule has 0 saturated heterocycles. The second-order valence-corrected chi connectivity index (χ2v) is 8.44. The van der Waals surface area contributed by atoms with Crippen molar-refractivity contribution in [2.45, 2.75) is 27.2 Å². The summed E-state index contributed by atoms with van der Waals surface area (Å²) in [6.45, 7) is 5.84. The lowest BCUT2D eigenvalue weighted by Crippen LogP contribution is -2.33. The van der Waals surface area contributed by atoms with Gasteiger partial charge in [-0.25, -0.2) is 4.90 Å². The number of carbonyl (C=O) groups is 3. The van der Waals surface area contributed by atoms with Crippen LogP contribution < -0.4 is 15.5 Å². The highest BCUT2D eigenvalue weighted by atomic mass is 35.5. The number of anilines is 3. The van der Waals surface area contributed by atoms with E-state index < -0.39 is 11.8 Å². The summed E-state index contributed by atoms with van der Waals surface area (Å²) in [6.07, 6.45) is 0.930. The Labute approximate surface area is 203 Å². The number of halogens is 1. The first-order chi connectivity index (χ1) is 16.3. The molecular weight excluding hydrogens is 450 g/mol. The van der Waals surface area contributed by atoms with Gasteiger partial charge >= 0.3 is 0 Å². The number of hydrogen-bond acceptors (Lipinski definition) is 4. The van der Waals surface area contributed by atoms with Crippen molar-refractivity contribution in [3.05, 3.63) is 99.7 Å². The van der Waals surface area contributed by atoms with Crippen LogP contribution in [-0.4, -0.2) is 17.7 Å². The van der Waals surface area contributed by atoms with E-state index in [2.05, 4.69) is 17.6 Å². The molecule has 0 fully saturated rings. The molecule has 7 heteroatoms. The SMILES string of the molecule is CCc1ccc(NC(=O)c2ccc(NC3=C(Cl)C(=O)N(c4cccc(C)c4C)C3=O)cc2)cc1. The Morgan fingerprint density at radius 2 is 1.53 bits per heavy atom. The van der Waals surface area contributed by atoms with Crippen molar-refractivity contribution >= 4 is 46.4 Å². The van der Waals surface area contributed by atoms with E-state index in [1.165, 1.54) is 5.56 Å².